The Balaban J connectivity index is 0. The molecule has 3 aliphatic rings. The molecule has 3 rings (SSSR count). The van der Waals surface area contributed by atoms with Crippen molar-refractivity contribution >= 4 is 23.2 Å². The molecule has 10 N–H and O–H groups in total. The van der Waals surface area contributed by atoms with Gasteiger partial charge in [-0.05, 0) is 87.1 Å². The van der Waals surface area contributed by atoms with Crippen LogP contribution in [0.2, 0.25) is 0 Å². The van der Waals surface area contributed by atoms with Crippen molar-refractivity contribution in [2.45, 2.75) is 84.1 Å². The summed E-state index contributed by atoms with van der Waals surface area (Å²) in [5.74, 6) is 3.05. The molecular weight excluding hydrogens is 491 g/mol. The molecule has 0 amide bonds. The van der Waals surface area contributed by atoms with Crippen molar-refractivity contribution in [1.82, 2.24) is 10.2 Å². The summed E-state index contributed by atoms with van der Waals surface area (Å²) in [4.78, 5) is 2.71. The molecule has 1 heterocycles. The van der Waals surface area contributed by atoms with Gasteiger partial charge in [-0.15, -0.1) is 11.6 Å². The van der Waals surface area contributed by atoms with Crippen LogP contribution in [0, 0.1) is 35.0 Å². The van der Waals surface area contributed by atoms with Gasteiger partial charge in [0.15, 0.2) is 0 Å². The molecular formula is C26H54Cl2N2O5. The van der Waals surface area contributed by atoms with E-state index in [9.17, 15) is 5.11 Å². The Labute approximate surface area is 223 Å². The lowest BCUT2D eigenvalue weighted by molar-refractivity contribution is 0.00460. The van der Waals surface area contributed by atoms with Crippen LogP contribution in [-0.2, 0) is 0 Å². The van der Waals surface area contributed by atoms with Crippen molar-refractivity contribution < 1.29 is 27.0 Å². The number of piperidine rings is 1. The van der Waals surface area contributed by atoms with E-state index in [1.54, 1.807) is 0 Å². The van der Waals surface area contributed by atoms with Crippen molar-refractivity contribution in [2.75, 3.05) is 32.8 Å². The lowest BCUT2D eigenvalue weighted by atomic mass is 9.64. The fourth-order valence-corrected chi connectivity index (χ4v) is 7.21. The van der Waals surface area contributed by atoms with E-state index >= 15 is 0 Å². The first kappa shape index (κ1) is 37.2. The molecule has 9 heteroatoms. The molecule has 0 aromatic carbocycles. The normalized spacial score (nSPS) is 31.7. The van der Waals surface area contributed by atoms with Gasteiger partial charge in [0, 0.05) is 42.1 Å². The smallest absolute Gasteiger partial charge is 0.0494 e. The molecule has 0 aromatic heterocycles. The number of aliphatic hydroxyl groups excluding tert-OH is 1. The Bertz CT molecular complexity index is 600. The van der Waals surface area contributed by atoms with Gasteiger partial charge in [-0.3, -0.25) is 0 Å². The first-order chi connectivity index (χ1) is 14.7. The monoisotopic (exact) mass is 544 g/mol. The summed E-state index contributed by atoms with van der Waals surface area (Å²) in [5, 5.41) is 14.8. The summed E-state index contributed by atoms with van der Waals surface area (Å²) in [7, 11) is 0. The molecule has 0 bridgehead atoms. The van der Waals surface area contributed by atoms with Crippen molar-refractivity contribution in [2.24, 2.45) is 35.0 Å². The quantitative estimate of drug-likeness (QED) is 0.449. The van der Waals surface area contributed by atoms with Crippen LogP contribution < -0.4 is 5.32 Å². The molecule has 2 fully saturated rings. The van der Waals surface area contributed by atoms with E-state index in [2.05, 4.69) is 37.9 Å². The Morgan fingerprint density at radius 1 is 1.09 bits per heavy atom. The fourth-order valence-electron chi connectivity index (χ4n) is 6.56. The number of aliphatic hydroxyl groups is 1. The lowest BCUT2D eigenvalue weighted by Gasteiger charge is -2.49. The fraction of sp³-hybridized carbons (Fsp3) is 0.923. The second kappa shape index (κ2) is 16.8. The molecule has 7 nitrogen and oxygen atoms in total. The van der Waals surface area contributed by atoms with Gasteiger partial charge in [-0.2, -0.15) is 0 Å². The van der Waals surface area contributed by atoms with Crippen LogP contribution >= 0.6 is 23.2 Å². The zero-order valence-corrected chi connectivity index (χ0v) is 23.8. The van der Waals surface area contributed by atoms with Crippen LogP contribution in [0.25, 0.3) is 0 Å². The number of likely N-dealkylation sites (tertiary alicyclic amines) is 1. The third-order valence-electron chi connectivity index (χ3n) is 8.36. The molecule has 0 aromatic rings. The van der Waals surface area contributed by atoms with Gasteiger partial charge >= 0.3 is 0 Å². The molecule has 1 saturated carbocycles. The third-order valence-corrected chi connectivity index (χ3v) is 9.08. The largest absolute Gasteiger partial charge is 0.412 e. The maximum absolute atomic E-state index is 9.55. The highest BCUT2D eigenvalue weighted by Crippen LogP contribution is 2.45. The minimum atomic E-state index is 0. The van der Waals surface area contributed by atoms with Crippen molar-refractivity contribution in [3.8, 4) is 0 Å². The van der Waals surface area contributed by atoms with Crippen molar-refractivity contribution in [3.05, 3.63) is 11.1 Å². The van der Waals surface area contributed by atoms with Gasteiger partial charge in [0.05, 0.1) is 0 Å². The van der Waals surface area contributed by atoms with Crippen molar-refractivity contribution in [3.63, 3.8) is 0 Å². The van der Waals surface area contributed by atoms with E-state index in [0.29, 0.717) is 28.7 Å². The van der Waals surface area contributed by atoms with Gasteiger partial charge in [0.25, 0.3) is 0 Å². The molecule has 212 valence electrons. The molecule has 3 unspecified atom stereocenters. The number of hydrogen-bond acceptors (Lipinski definition) is 3. The molecule has 1 saturated heterocycles. The second-order valence-electron chi connectivity index (χ2n) is 11.8. The Morgan fingerprint density at radius 2 is 1.71 bits per heavy atom. The number of allylic oxidation sites excluding steroid dienone is 1. The van der Waals surface area contributed by atoms with Crippen LogP contribution in [0.3, 0.4) is 0 Å². The maximum Gasteiger partial charge on any atom is 0.0494 e. The van der Waals surface area contributed by atoms with E-state index in [0.717, 1.165) is 42.8 Å². The van der Waals surface area contributed by atoms with Crippen LogP contribution in [0.5, 0.6) is 0 Å². The topological polar surface area (TPSA) is 162 Å². The summed E-state index contributed by atoms with van der Waals surface area (Å²) in [6, 6.07) is 0.497. The number of hydrogen-bond donors (Lipinski definition) is 2. The first-order valence-corrected chi connectivity index (χ1v) is 13.6. The molecule has 0 radical (unpaired) electrons. The Kier molecular flexibility index (Phi) is 17.8. The van der Waals surface area contributed by atoms with Gasteiger partial charge < -0.3 is 37.2 Å². The van der Waals surface area contributed by atoms with Crippen LogP contribution in [0.4, 0.5) is 0 Å². The third kappa shape index (κ3) is 10.7. The highest BCUT2D eigenvalue weighted by molar-refractivity contribution is 6.29. The SMILES string of the molecule is CC(C)[C@H](CN1CCC(C2CCC(Cl)CC2)C(C)(C)C1)NCC1CC(Cl)=CC(CO)C1.O.O.O.O. The summed E-state index contributed by atoms with van der Waals surface area (Å²) >= 11 is 12.7. The Morgan fingerprint density at radius 3 is 2.26 bits per heavy atom. The highest BCUT2D eigenvalue weighted by Gasteiger charge is 2.41. The number of halogens is 2. The van der Waals surface area contributed by atoms with Gasteiger partial charge in [0.1, 0.15) is 0 Å². The van der Waals surface area contributed by atoms with E-state index in [1.807, 2.05) is 6.08 Å². The Hall–Kier alpha value is 0.0400. The van der Waals surface area contributed by atoms with Gasteiger partial charge in [0.2, 0.25) is 0 Å². The summed E-state index contributed by atoms with van der Waals surface area (Å²) in [6.45, 7) is 14.4. The standard InChI is InChI=1S/C26H46Cl2N2O.4H2O/c1-18(2)25(29-14-19-11-20(16-31)13-23(28)12-19)15-30-10-9-24(26(3,4)17-30)21-5-7-22(27)8-6-21;;;;/h13,18-22,24-25,29,31H,5-12,14-17H2,1-4H3;4*1H2/t19?,20?,21?,22?,24?,25-;;;;/m0..../s1. The number of nitrogens with zero attached hydrogens (tertiary/aromatic N) is 1. The number of nitrogens with one attached hydrogen (secondary N) is 1. The summed E-state index contributed by atoms with van der Waals surface area (Å²) in [6.07, 6.45) is 10.4. The zero-order valence-electron chi connectivity index (χ0n) is 22.3. The molecule has 35 heavy (non-hydrogen) atoms. The predicted octanol–water partition coefficient (Wildman–Crippen LogP) is 2.59. The maximum atomic E-state index is 9.55. The average molecular weight is 546 g/mol. The van der Waals surface area contributed by atoms with Crippen LogP contribution in [0.15, 0.2) is 11.1 Å². The van der Waals surface area contributed by atoms with E-state index in [4.69, 9.17) is 23.2 Å². The van der Waals surface area contributed by atoms with Gasteiger partial charge in [-0.25, -0.2) is 0 Å². The van der Waals surface area contributed by atoms with E-state index in [-0.39, 0.29) is 34.4 Å². The van der Waals surface area contributed by atoms with E-state index < -0.39 is 0 Å². The van der Waals surface area contributed by atoms with Gasteiger partial charge in [-0.1, -0.05) is 45.4 Å². The first-order valence-electron chi connectivity index (χ1n) is 12.7. The minimum Gasteiger partial charge on any atom is -0.412 e. The predicted molar refractivity (Wildman–Crippen MR) is 148 cm³/mol. The zero-order chi connectivity index (χ0) is 22.6. The van der Waals surface area contributed by atoms with Crippen LogP contribution in [0.1, 0.15) is 72.6 Å². The summed E-state index contributed by atoms with van der Waals surface area (Å²) < 4.78 is 0. The second-order valence-corrected chi connectivity index (χ2v) is 12.9. The molecule has 0 spiro atoms. The molecule has 2 aliphatic carbocycles. The lowest BCUT2D eigenvalue weighted by Crippen LogP contribution is -2.53. The number of rotatable bonds is 8. The van der Waals surface area contributed by atoms with Crippen LogP contribution in [-0.4, -0.2) is 76.1 Å². The molecule has 4 atom stereocenters. The summed E-state index contributed by atoms with van der Waals surface area (Å²) in [5.41, 5.74) is 0.375. The highest BCUT2D eigenvalue weighted by atomic mass is 35.5. The minimum absolute atomic E-state index is 0. The average Bonchev–Trinajstić information content (AvgIpc) is 2.70. The van der Waals surface area contributed by atoms with Crippen molar-refractivity contribution in [1.29, 1.82) is 0 Å². The number of alkyl halides is 1. The van der Waals surface area contributed by atoms with E-state index in [1.165, 1.54) is 45.2 Å². The molecule has 1 aliphatic heterocycles.